The average molecular weight is 507 g/mol. The Bertz CT molecular complexity index is 1210. The summed E-state index contributed by atoms with van der Waals surface area (Å²) in [7, 11) is 0. The second-order valence-electron chi connectivity index (χ2n) is 11.0. The number of carbonyl (C=O) groups is 2. The van der Waals surface area contributed by atoms with E-state index in [1.807, 2.05) is 30.0 Å². The molecule has 4 heterocycles. The minimum atomic E-state index is -0.434. The maximum atomic E-state index is 14.1. The maximum Gasteiger partial charge on any atom is 0.348 e. The van der Waals surface area contributed by atoms with E-state index in [2.05, 4.69) is 22.0 Å². The summed E-state index contributed by atoms with van der Waals surface area (Å²) in [6, 6.07) is 10.2. The van der Waals surface area contributed by atoms with Crippen molar-refractivity contribution in [3.8, 4) is 5.75 Å². The van der Waals surface area contributed by atoms with Gasteiger partial charge in [-0.05, 0) is 76.5 Å². The van der Waals surface area contributed by atoms with E-state index < -0.39 is 11.1 Å². The van der Waals surface area contributed by atoms with Gasteiger partial charge in [0, 0.05) is 31.0 Å². The molecule has 2 amide bonds. The number of hydrogen-bond donors (Lipinski definition) is 0. The van der Waals surface area contributed by atoms with E-state index in [4.69, 9.17) is 4.74 Å². The number of aromatic nitrogens is 2. The predicted molar refractivity (Wildman–Crippen MR) is 140 cm³/mol. The third kappa shape index (κ3) is 5.29. The molecule has 0 radical (unpaired) electrons. The maximum absolute atomic E-state index is 14.1. The van der Waals surface area contributed by atoms with Gasteiger partial charge in [-0.1, -0.05) is 24.6 Å². The smallest absolute Gasteiger partial charge is 0.348 e. The van der Waals surface area contributed by atoms with Crippen LogP contribution in [-0.2, 0) is 22.6 Å². The van der Waals surface area contributed by atoms with Crippen LogP contribution in [0.25, 0.3) is 0 Å². The van der Waals surface area contributed by atoms with Gasteiger partial charge in [0.15, 0.2) is 0 Å². The molecule has 8 nitrogen and oxygen atoms in total. The first-order valence-corrected chi connectivity index (χ1v) is 13.7. The highest BCUT2D eigenvalue weighted by molar-refractivity contribution is 5.84. The summed E-state index contributed by atoms with van der Waals surface area (Å²) in [6.45, 7) is 5.98. The fraction of sp³-hybridized carbons (Fsp3) is 0.586. The van der Waals surface area contributed by atoms with E-state index in [1.54, 1.807) is 6.92 Å². The first kappa shape index (κ1) is 25.5. The topological polar surface area (TPSA) is 84.7 Å². The Kier molecular flexibility index (Phi) is 7.36. The highest BCUT2D eigenvalue weighted by atomic mass is 16.5. The zero-order chi connectivity index (χ0) is 26.0. The van der Waals surface area contributed by atoms with Crippen LogP contribution in [0, 0.1) is 19.3 Å². The van der Waals surface area contributed by atoms with Crippen molar-refractivity contribution in [3.05, 3.63) is 57.8 Å². The van der Waals surface area contributed by atoms with Crippen molar-refractivity contribution < 1.29 is 14.3 Å². The standard InChI is InChI=1S/C29H38N4O4/c1-21-18-22(2)33(28(36)30-21)19-26(34)31-16-13-29(14-17-31)12-6-5-9-23-8-3-4-11-25(23)37-20-24-10-7-15-32(24)27(29)35/h3-4,8,11,18,24H,5-7,9-10,12-17,19-20H2,1-2H3/t24-/m0/s1. The zero-order valence-corrected chi connectivity index (χ0v) is 22.1. The summed E-state index contributed by atoms with van der Waals surface area (Å²) in [5, 5.41) is 0. The summed E-state index contributed by atoms with van der Waals surface area (Å²) < 4.78 is 7.69. The molecule has 1 aromatic heterocycles. The van der Waals surface area contributed by atoms with Crippen LogP contribution in [0.15, 0.2) is 35.1 Å². The van der Waals surface area contributed by atoms with Crippen LogP contribution in [0.1, 0.15) is 61.9 Å². The number of nitrogens with zero attached hydrogens (tertiary/aromatic N) is 4. The molecule has 0 N–H and O–H groups in total. The average Bonchev–Trinajstić information content (AvgIpc) is 3.35. The molecule has 2 fully saturated rings. The third-order valence-electron chi connectivity index (χ3n) is 8.56. The summed E-state index contributed by atoms with van der Waals surface area (Å²) in [5.74, 6) is 1.10. The number of carbonyl (C=O) groups excluding carboxylic acids is 2. The lowest BCUT2D eigenvalue weighted by Gasteiger charge is -2.44. The Morgan fingerprint density at radius 2 is 1.84 bits per heavy atom. The first-order valence-electron chi connectivity index (χ1n) is 13.7. The fourth-order valence-corrected chi connectivity index (χ4v) is 6.35. The number of ether oxygens (including phenoxy) is 1. The van der Waals surface area contributed by atoms with Gasteiger partial charge in [0.1, 0.15) is 18.9 Å². The molecule has 2 saturated heterocycles. The second kappa shape index (κ2) is 10.7. The molecule has 3 aliphatic rings. The lowest BCUT2D eigenvalue weighted by atomic mass is 9.73. The molecule has 0 saturated carbocycles. The van der Waals surface area contributed by atoms with E-state index in [-0.39, 0.29) is 24.4 Å². The molecular weight excluding hydrogens is 468 g/mol. The molecular formula is C29H38N4O4. The minimum Gasteiger partial charge on any atom is -0.491 e. The van der Waals surface area contributed by atoms with Gasteiger partial charge < -0.3 is 14.5 Å². The Balaban J connectivity index is 1.30. The van der Waals surface area contributed by atoms with Gasteiger partial charge in [0.05, 0.1) is 11.5 Å². The normalized spacial score (nSPS) is 22.0. The summed E-state index contributed by atoms with van der Waals surface area (Å²) in [4.78, 5) is 47.4. The van der Waals surface area contributed by atoms with Crippen LogP contribution in [-0.4, -0.2) is 63.4 Å². The van der Waals surface area contributed by atoms with Gasteiger partial charge in [0.25, 0.3) is 0 Å². The lowest BCUT2D eigenvalue weighted by molar-refractivity contribution is -0.150. The molecule has 0 bridgehead atoms. The van der Waals surface area contributed by atoms with Gasteiger partial charge in [0.2, 0.25) is 11.8 Å². The Hall–Kier alpha value is -3.16. The molecule has 37 heavy (non-hydrogen) atoms. The Morgan fingerprint density at radius 1 is 1.05 bits per heavy atom. The number of rotatable bonds is 2. The lowest BCUT2D eigenvalue weighted by Crippen LogP contribution is -2.53. The van der Waals surface area contributed by atoms with Crippen LogP contribution >= 0.6 is 0 Å². The molecule has 3 aliphatic heterocycles. The van der Waals surface area contributed by atoms with E-state index in [0.717, 1.165) is 56.5 Å². The summed E-state index contributed by atoms with van der Waals surface area (Å²) in [6.07, 6.45) is 7.06. The van der Waals surface area contributed by atoms with E-state index in [9.17, 15) is 14.4 Å². The molecule has 198 valence electrons. The summed E-state index contributed by atoms with van der Waals surface area (Å²) >= 11 is 0. The zero-order valence-electron chi connectivity index (χ0n) is 22.1. The monoisotopic (exact) mass is 506 g/mol. The molecule has 5 rings (SSSR count). The second-order valence-corrected chi connectivity index (χ2v) is 11.0. The number of aryl methyl sites for hydroxylation is 3. The molecule has 8 heteroatoms. The number of para-hydroxylation sites is 1. The van der Waals surface area contributed by atoms with Crippen molar-refractivity contribution >= 4 is 11.8 Å². The van der Waals surface area contributed by atoms with Crippen molar-refractivity contribution in [2.75, 3.05) is 26.2 Å². The van der Waals surface area contributed by atoms with Crippen LogP contribution in [0.4, 0.5) is 0 Å². The minimum absolute atomic E-state index is 0.0101. The summed E-state index contributed by atoms with van der Waals surface area (Å²) in [5.41, 5.74) is 1.80. The number of amides is 2. The van der Waals surface area contributed by atoms with Crippen LogP contribution in [0.5, 0.6) is 5.75 Å². The highest BCUT2D eigenvalue weighted by Gasteiger charge is 2.46. The molecule has 1 atom stereocenters. The van der Waals surface area contributed by atoms with Crippen LogP contribution in [0.2, 0.25) is 0 Å². The van der Waals surface area contributed by atoms with Gasteiger partial charge >= 0.3 is 5.69 Å². The van der Waals surface area contributed by atoms with Crippen LogP contribution < -0.4 is 10.4 Å². The van der Waals surface area contributed by atoms with Gasteiger partial charge in [-0.2, -0.15) is 4.98 Å². The van der Waals surface area contributed by atoms with E-state index >= 15 is 0 Å². The van der Waals surface area contributed by atoms with Crippen molar-refractivity contribution in [3.63, 3.8) is 0 Å². The third-order valence-corrected chi connectivity index (χ3v) is 8.56. The predicted octanol–water partition coefficient (Wildman–Crippen LogP) is 3.27. The molecule has 0 aliphatic carbocycles. The van der Waals surface area contributed by atoms with Gasteiger partial charge in [-0.25, -0.2) is 4.79 Å². The fourth-order valence-electron chi connectivity index (χ4n) is 6.35. The molecule has 1 spiro atoms. The molecule has 0 unspecified atom stereocenters. The number of benzene rings is 1. The number of hydrogen-bond acceptors (Lipinski definition) is 5. The largest absolute Gasteiger partial charge is 0.491 e. The first-order chi connectivity index (χ1) is 17.9. The number of fused-ring (bicyclic) bond motifs is 2. The quantitative estimate of drug-likeness (QED) is 0.624. The molecule has 2 aromatic rings. The van der Waals surface area contributed by atoms with Gasteiger partial charge in [-0.3, -0.25) is 14.2 Å². The van der Waals surface area contributed by atoms with E-state index in [1.165, 1.54) is 10.1 Å². The van der Waals surface area contributed by atoms with Crippen molar-refractivity contribution in [2.24, 2.45) is 5.41 Å². The van der Waals surface area contributed by atoms with Gasteiger partial charge in [-0.15, -0.1) is 0 Å². The van der Waals surface area contributed by atoms with Crippen molar-refractivity contribution in [1.29, 1.82) is 0 Å². The molecule has 1 aromatic carbocycles. The van der Waals surface area contributed by atoms with E-state index in [0.29, 0.717) is 38.2 Å². The van der Waals surface area contributed by atoms with Crippen molar-refractivity contribution in [1.82, 2.24) is 19.4 Å². The Morgan fingerprint density at radius 3 is 2.62 bits per heavy atom. The number of likely N-dealkylation sites (tertiary alicyclic amines) is 1. The van der Waals surface area contributed by atoms with Crippen molar-refractivity contribution in [2.45, 2.75) is 77.8 Å². The van der Waals surface area contributed by atoms with Crippen LogP contribution in [0.3, 0.4) is 0 Å². The highest BCUT2D eigenvalue weighted by Crippen LogP contribution is 2.41. The SMILES string of the molecule is Cc1cc(C)n(CC(=O)N2CCC3(CCCCc4ccccc4OC[C@@H]4CCCN4C3=O)CC2)c(=O)n1. The number of piperidine rings is 1. The Labute approximate surface area is 218 Å².